The molecular formula is C17H19ClF3N3O. The van der Waals surface area contributed by atoms with Crippen LogP contribution in [0.25, 0.3) is 0 Å². The molecule has 0 fully saturated rings. The summed E-state index contributed by atoms with van der Waals surface area (Å²) in [7, 11) is 0. The van der Waals surface area contributed by atoms with Gasteiger partial charge < -0.3 is 5.32 Å². The van der Waals surface area contributed by atoms with Gasteiger partial charge >= 0.3 is 6.18 Å². The Balaban J connectivity index is 2.15. The summed E-state index contributed by atoms with van der Waals surface area (Å²) in [6, 6.07) is 8.01. The van der Waals surface area contributed by atoms with Crippen molar-refractivity contribution >= 4 is 17.5 Å². The van der Waals surface area contributed by atoms with Crippen LogP contribution in [0.1, 0.15) is 37.9 Å². The molecule has 0 bridgehead atoms. The lowest BCUT2D eigenvalue weighted by Crippen LogP contribution is -2.46. The molecule has 8 heteroatoms. The molecule has 1 heterocycles. The van der Waals surface area contributed by atoms with E-state index in [1.807, 2.05) is 26.0 Å². The van der Waals surface area contributed by atoms with Crippen LogP contribution in [-0.4, -0.2) is 15.7 Å². The molecular weight excluding hydrogens is 355 g/mol. The zero-order valence-corrected chi connectivity index (χ0v) is 14.7. The van der Waals surface area contributed by atoms with Crippen LogP contribution in [0.5, 0.6) is 0 Å². The topological polar surface area (TPSA) is 46.9 Å². The number of carbonyl (C=O) groups is 1. The Bertz CT molecular complexity index is 721. The Morgan fingerprint density at radius 3 is 2.24 bits per heavy atom. The predicted octanol–water partition coefficient (Wildman–Crippen LogP) is 4.39. The molecule has 0 aliphatic rings. The number of benzene rings is 1. The predicted molar refractivity (Wildman–Crippen MR) is 89.1 cm³/mol. The summed E-state index contributed by atoms with van der Waals surface area (Å²) < 4.78 is 38.7. The minimum Gasteiger partial charge on any atom is -0.345 e. The molecule has 2 rings (SSSR count). The van der Waals surface area contributed by atoms with Gasteiger partial charge in [0.1, 0.15) is 6.54 Å². The molecule has 0 aliphatic carbocycles. The number of carbonyl (C=O) groups excluding carboxylic acids is 1. The third-order valence-corrected chi connectivity index (χ3v) is 4.47. The molecule has 0 radical (unpaired) electrons. The molecule has 136 valence electrons. The van der Waals surface area contributed by atoms with Crippen molar-refractivity contribution in [1.29, 1.82) is 0 Å². The second kappa shape index (κ2) is 7.47. The number of hydrogen-bond donors (Lipinski definition) is 1. The fourth-order valence-corrected chi connectivity index (χ4v) is 2.86. The van der Waals surface area contributed by atoms with Crippen molar-refractivity contribution in [1.82, 2.24) is 15.1 Å². The Hall–Kier alpha value is -2.02. The second-order valence-corrected chi connectivity index (χ2v) is 6.18. The van der Waals surface area contributed by atoms with Gasteiger partial charge in [0.2, 0.25) is 5.91 Å². The Morgan fingerprint density at radius 2 is 1.76 bits per heavy atom. The number of hydrogen-bond acceptors (Lipinski definition) is 2. The van der Waals surface area contributed by atoms with Gasteiger partial charge in [-0.3, -0.25) is 9.48 Å². The van der Waals surface area contributed by atoms with Gasteiger partial charge in [0, 0.05) is 11.2 Å². The zero-order valence-electron chi connectivity index (χ0n) is 13.9. The summed E-state index contributed by atoms with van der Waals surface area (Å²) in [6.45, 7) is 3.59. The van der Waals surface area contributed by atoms with Crippen LogP contribution in [0.4, 0.5) is 13.2 Å². The van der Waals surface area contributed by atoms with E-state index < -0.39 is 23.3 Å². The molecule has 1 amide bonds. The average Bonchev–Trinajstić information content (AvgIpc) is 3.02. The normalized spacial score (nSPS) is 12.2. The van der Waals surface area contributed by atoms with Crippen LogP contribution in [0.3, 0.4) is 0 Å². The van der Waals surface area contributed by atoms with E-state index >= 15 is 0 Å². The summed E-state index contributed by atoms with van der Waals surface area (Å²) >= 11 is 5.91. The van der Waals surface area contributed by atoms with Gasteiger partial charge in [0.25, 0.3) is 0 Å². The minimum absolute atomic E-state index is 0.286. The van der Waals surface area contributed by atoms with Crippen molar-refractivity contribution in [2.45, 2.75) is 44.9 Å². The first kappa shape index (κ1) is 19.3. The molecule has 1 aromatic carbocycles. The van der Waals surface area contributed by atoms with Gasteiger partial charge in [0.05, 0.1) is 5.54 Å². The standard InChI is InChI=1S/C17H19ClF3N3O/c1-3-16(4-2,12-5-7-13(18)8-6-12)22-15(25)11-24-10-9-14(23-24)17(19,20)21/h5-10H,3-4,11H2,1-2H3,(H,22,25). The maximum absolute atomic E-state index is 12.6. The van der Waals surface area contributed by atoms with E-state index in [-0.39, 0.29) is 6.54 Å². The maximum atomic E-state index is 12.6. The molecule has 0 atom stereocenters. The summed E-state index contributed by atoms with van der Waals surface area (Å²) in [4.78, 5) is 12.4. The lowest BCUT2D eigenvalue weighted by atomic mass is 9.84. The first-order valence-corrected chi connectivity index (χ1v) is 8.25. The van der Waals surface area contributed by atoms with Gasteiger partial charge in [-0.05, 0) is 36.6 Å². The Morgan fingerprint density at radius 1 is 1.16 bits per heavy atom. The van der Waals surface area contributed by atoms with Crippen LogP contribution in [-0.2, 0) is 23.1 Å². The first-order valence-electron chi connectivity index (χ1n) is 7.88. The van der Waals surface area contributed by atoms with Crippen LogP contribution in [0.2, 0.25) is 5.02 Å². The average molecular weight is 374 g/mol. The lowest BCUT2D eigenvalue weighted by Gasteiger charge is -2.33. The van der Waals surface area contributed by atoms with Crippen molar-refractivity contribution in [2.75, 3.05) is 0 Å². The first-order chi connectivity index (χ1) is 11.7. The van der Waals surface area contributed by atoms with E-state index in [0.29, 0.717) is 17.9 Å². The second-order valence-electron chi connectivity index (χ2n) is 5.74. The molecule has 1 N–H and O–H groups in total. The number of nitrogens with zero attached hydrogens (tertiary/aromatic N) is 2. The third kappa shape index (κ3) is 4.54. The van der Waals surface area contributed by atoms with E-state index in [4.69, 9.17) is 11.6 Å². The summed E-state index contributed by atoms with van der Waals surface area (Å²) in [6.07, 6.45) is -2.13. The van der Waals surface area contributed by atoms with Crippen LogP contribution < -0.4 is 5.32 Å². The Kier molecular flexibility index (Phi) is 5.77. The quantitative estimate of drug-likeness (QED) is 0.816. The van der Waals surface area contributed by atoms with E-state index in [2.05, 4.69) is 10.4 Å². The molecule has 0 saturated carbocycles. The molecule has 0 spiro atoms. The number of amides is 1. The molecule has 0 unspecified atom stereocenters. The fourth-order valence-electron chi connectivity index (χ4n) is 2.73. The minimum atomic E-state index is -4.53. The summed E-state index contributed by atoms with van der Waals surface area (Å²) in [5, 5.41) is 6.93. The van der Waals surface area contributed by atoms with Gasteiger partial charge in [-0.15, -0.1) is 0 Å². The molecule has 2 aromatic rings. The number of rotatable bonds is 6. The molecule has 0 saturated heterocycles. The molecule has 25 heavy (non-hydrogen) atoms. The number of halogens is 4. The van der Waals surface area contributed by atoms with Crippen molar-refractivity contribution in [3.63, 3.8) is 0 Å². The monoisotopic (exact) mass is 373 g/mol. The fraction of sp³-hybridized carbons (Fsp3) is 0.412. The van der Waals surface area contributed by atoms with Gasteiger partial charge in [-0.2, -0.15) is 18.3 Å². The van der Waals surface area contributed by atoms with E-state index in [9.17, 15) is 18.0 Å². The smallest absolute Gasteiger partial charge is 0.345 e. The highest BCUT2D eigenvalue weighted by atomic mass is 35.5. The van der Waals surface area contributed by atoms with E-state index in [1.54, 1.807) is 12.1 Å². The third-order valence-electron chi connectivity index (χ3n) is 4.22. The van der Waals surface area contributed by atoms with Crippen LogP contribution in [0.15, 0.2) is 36.5 Å². The zero-order chi connectivity index (χ0) is 18.7. The highest BCUT2D eigenvalue weighted by molar-refractivity contribution is 6.30. The van der Waals surface area contributed by atoms with Crippen molar-refractivity contribution in [2.24, 2.45) is 0 Å². The van der Waals surface area contributed by atoms with Crippen LogP contribution >= 0.6 is 11.6 Å². The lowest BCUT2D eigenvalue weighted by molar-refractivity contribution is -0.141. The highest BCUT2D eigenvalue weighted by Gasteiger charge is 2.34. The van der Waals surface area contributed by atoms with Crippen molar-refractivity contribution in [3.05, 3.63) is 52.8 Å². The molecule has 1 aromatic heterocycles. The summed E-state index contributed by atoms with van der Waals surface area (Å²) in [5.41, 5.74) is -0.733. The summed E-state index contributed by atoms with van der Waals surface area (Å²) in [5.74, 6) is -0.407. The van der Waals surface area contributed by atoms with Crippen LogP contribution in [0, 0.1) is 0 Å². The number of nitrogens with one attached hydrogen (secondary N) is 1. The SMILES string of the molecule is CCC(CC)(NC(=O)Cn1ccc(C(F)(F)F)n1)c1ccc(Cl)cc1. The number of alkyl halides is 3. The largest absolute Gasteiger partial charge is 0.435 e. The molecule has 4 nitrogen and oxygen atoms in total. The van der Waals surface area contributed by atoms with Gasteiger partial charge in [-0.1, -0.05) is 37.6 Å². The molecule has 0 aliphatic heterocycles. The number of aromatic nitrogens is 2. The highest BCUT2D eigenvalue weighted by Crippen LogP contribution is 2.30. The Labute approximate surface area is 149 Å². The van der Waals surface area contributed by atoms with Gasteiger partial charge in [0.15, 0.2) is 5.69 Å². The van der Waals surface area contributed by atoms with Crippen molar-refractivity contribution in [3.8, 4) is 0 Å². The van der Waals surface area contributed by atoms with E-state index in [1.165, 1.54) is 0 Å². The van der Waals surface area contributed by atoms with Crippen molar-refractivity contribution < 1.29 is 18.0 Å². The van der Waals surface area contributed by atoms with Gasteiger partial charge in [-0.25, -0.2) is 0 Å². The maximum Gasteiger partial charge on any atom is 0.435 e. The van der Waals surface area contributed by atoms with E-state index in [0.717, 1.165) is 22.5 Å².